The minimum Gasteiger partial charge on any atom is -0.394 e. The van der Waals surface area contributed by atoms with Crippen molar-refractivity contribution in [2.45, 2.75) is 121 Å². The molecule has 0 bridgehead atoms. The topological polar surface area (TPSA) is 179 Å². The highest BCUT2D eigenvalue weighted by molar-refractivity contribution is 6.06. The Morgan fingerprint density at radius 2 is 1.54 bits per heavy atom. The third-order valence-electron chi connectivity index (χ3n) is 9.19. The van der Waals surface area contributed by atoms with Crippen LogP contribution in [0.4, 0.5) is 5.82 Å². The number of amides is 2. The first-order valence-electron chi connectivity index (χ1n) is 19.1. The quantitative estimate of drug-likeness (QED) is 0.0592. The number of benzene rings is 1. The van der Waals surface area contributed by atoms with Gasteiger partial charge in [0.1, 0.15) is 31.4 Å². The molecule has 4 atom stereocenters. The second-order valence-corrected chi connectivity index (χ2v) is 13.2. The summed E-state index contributed by atoms with van der Waals surface area (Å²) in [5, 5.41) is 26.3. The number of rotatable bonds is 27. The van der Waals surface area contributed by atoms with Gasteiger partial charge < -0.3 is 39.8 Å². The molecule has 0 aliphatic carbocycles. The Hall–Kier alpha value is -3.53. The minimum atomic E-state index is -1.16. The summed E-state index contributed by atoms with van der Waals surface area (Å²) >= 11 is 0. The van der Waals surface area contributed by atoms with Gasteiger partial charge in [0.05, 0.1) is 32.8 Å². The van der Waals surface area contributed by atoms with Gasteiger partial charge in [0, 0.05) is 18.5 Å². The lowest BCUT2D eigenvalue weighted by Crippen LogP contribution is -2.36. The van der Waals surface area contributed by atoms with Gasteiger partial charge in [-0.2, -0.15) is 0 Å². The monoisotopic (exact) mass is 726 g/mol. The van der Waals surface area contributed by atoms with Crippen LogP contribution < -0.4 is 10.6 Å². The van der Waals surface area contributed by atoms with Gasteiger partial charge >= 0.3 is 0 Å². The molecule has 2 aromatic heterocycles. The number of aliphatic hydroxyl groups is 2. The highest BCUT2D eigenvalue weighted by Crippen LogP contribution is 2.34. The van der Waals surface area contributed by atoms with Crippen molar-refractivity contribution >= 4 is 28.8 Å². The van der Waals surface area contributed by atoms with Gasteiger partial charge in [-0.15, -0.1) is 0 Å². The van der Waals surface area contributed by atoms with E-state index in [1.54, 1.807) is 28.8 Å². The number of fused-ring (bicyclic) bond motifs is 1. The van der Waals surface area contributed by atoms with E-state index in [1.165, 1.54) is 83.3 Å². The molecular formula is C38H58N6O8. The molecule has 0 radical (unpaired) electrons. The number of hydrogen-bond donors (Lipinski definition) is 4. The fourth-order valence-electron chi connectivity index (χ4n) is 6.23. The summed E-state index contributed by atoms with van der Waals surface area (Å²) in [5.41, 5.74) is 1.12. The normalized spacial score (nSPS) is 18.6. The van der Waals surface area contributed by atoms with Gasteiger partial charge in [0.15, 0.2) is 23.2 Å². The van der Waals surface area contributed by atoms with Crippen molar-refractivity contribution in [1.82, 2.24) is 24.8 Å². The number of nitrogens with zero attached hydrogens (tertiary/aromatic N) is 4. The van der Waals surface area contributed by atoms with E-state index in [9.17, 15) is 19.8 Å². The number of aliphatic hydroxyl groups excluding tert-OH is 2. The third-order valence-corrected chi connectivity index (χ3v) is 9.19. The van der Waals surface area contributed by atoms with E-state index in [0.717, 1.165) is 12.8 Å². The van der Waals surface area contributed by atoms with E-state index in [1.807, 2.05) is 6.07 Å². The fourth-order valence-corrected chi connectivity index (χ4v) is 6.23. The zero-order chi connectivity index (χ0) is 36.8. The number of anilines is 1. The Balaban J connectivity index is 1.07. The Bertz CT molecular complexity index is 1440. The third kappa shape index (κ3) is 13.5. The second kappa shape index (κ2) is 23.9. The molecule has 14 heteroatoms. The standard InChI is InChI=1S/C38H58N6O8/c1-2-3-4-5-6-7-8-9-10-11-12-13-17-20-31(46)39-21-22-49-23-24-50-28-51-34-33(47)30(25-45)52-38(34)44-27-42-32-35(40-26-41-36(32)44)43-37(48)29-18-15-14-16-19-29/h14-16,18-19,26-27,30,33-34,38,45,47H,2-13,17,20-25,28H2,1H3,(H,39,46)(H,40,41,43,48). The van der Waals surface area contributed by atoms with E-state index in [2.05, 4.69) is 32.5 Å². The molecule has 4 N–H and O–H groups in total. The first-order chi connectivity index (χ1) is 25.5. The Kier molecular flexibility index (Phi) is 19.0. The van der Waals surface area contributed by atoms with Crippen LogP contribution >= 0.6 is 0 Å². The molecule has 4 unspecified atom stereocenters. The molecule has 1 aliphatic rings. The predicted octanol–water partition coefficient (Wildman–Crippen LogP) is 5.30. The van der Waals surface area contributed by atoms with Crippen molar-refractivity contribution in [3.05, 3.63) is 48.5 Å². The SMILES string of the molecule is CCCCCCCCCCCCCCCC(=O)NCCOCCOCOC1C(O)C(CO)OC1n1cnc2c(NC(=O)c3ccccc3)ncnc21. The van der Waals surface area contributed by atoms with Crippen LogP contribution in [0.5, 0.6) is 0 Å². The molecule has 3 aromatic rings. The molecular weight excluding hydrogens is 668 g/mol. The van der Waals surface area contributed by atoms with Crippen molar-refractivity contribution < 1.29 is 38.7 Å². The van der Waals surface area contributed by atoms with Crippen molar-refractivity contribution in [1.29, 1.82) is 0 Å². The maximum absolute atomic E-state index is 12.7. The van der Waals surface area contributed by atoms with Crippen LogP contribution in [0.25, 0.3) is 11.2 Å². The van der Waals surface area contributed by atoms with E-state index in [4.69, 9.17) is 18.9 Å². The van der Waals surface area contributed by atoms with Crippen LogP contribution in [0.1, 0.15) is 113 Å². The van der Waals surface area contributed by atoms with Gasteiger partial charge in [-0.3, -0.25) is 14.2 Å². The van der Waals surface area contributed by atoms with Crippen molar-refractivity contribution in [2.24, 2.45) is 0 Å². The Morgan fingerprint density at radius 3 is 2.23 bits per heavy atom. The van der Waals surface area contributed by atoms with Crippen molar-refractivity contribution in [3.8, 4) is 0 Å². The Labute approximate surface area is 307 Å². The lowest BCUT2D eigenvalue weighted by atomic mass is 10.0. The molecule has 1 saturated heterocycles. The number of carbonyl (C=O) groups excluding carboxylic acids is 2. The molecule has 288 valence electrons. The van der Waals surface area contributed by atoms with Gasteiger partial charge in [-0.05, 0) is 18.6 Å². The average molecular weight is 727 g/mol. The van der Waals surface area contributed by atoms with Crippen LogP contribution in [-0.2, 0) is 23.7 Å². The van der Waals surface area contributed by atoms with E-state index in [-0.39, 0.29) is 31.0 Å². The number of hydrogen-bond acceptors (Lipinski definition) is 11. The molecule has 2 amide bonds. The molecule has 1 aromatic carbocycles. The van der Waals surface area contributed by atoms with E-state index in [0.29, 0.717) is 42.9 Å². The summed E-state index contributed by atoms with van der Waals surface area (Å²) in [7, 11) is 0. The van der Waals surface area contributed by atoms with Gasteiger partial charge in [0.25, 0.3) is 5.91 Å². The number of ether oxygens (including phenoxy) is 4. The molecule has 52 heavy (non-hydrogen) atoms. The predicted molar refractivity (Wildman–Crippen MR) is 197 cm³/mol. The number of unbranched alkanes of at least 4 members (excludes halogenated alkanes) is 12. The molecule has 0 saturated carbocycles. The van der Waals surface area contributed by atoms with Crippen LogP contribution in [0.15, 0.2) is 43.0 Å². The van der Waals surface area contributed by atoms with Gasteiger partial charge in [-0.1, -0.05) is 102 Å². The molecule has 14 nitrogen and oxygen atoms in total. The van der Waals surface area contributed by atoms with Crippen LogP contribution in [0.2, 0.25) is 0 Å². The zero-order valence-electron chi connectivity index (χ0n) is 30.6. The summed E-state index contributed by atoms with van der Waals surface area (Å²) in [6.45, 7) is 2.99. The molecule has 4 rings (SSSR count). The van der Waals surface area contributed by atoms with Gasteiger partial charge in [0.2, 0.25) is 5.91 Å². The summed E-state index contributed by atoms with van der Waals surface area (Å²) in [6, 6.07) is 8.72. The largest absolute Gasteiger partial charge is 0.394 e. The van der Waals surface area contributed by atoms with Crippen molar-refractivity contribution in [2.75, 3.05) is 45.1 Å². The molecule has 3 heterocycles. The number of aromatic nitrogens is 4. The molecule has 1 aliphatic heterocycles. The number of imidazole rings is 1. The van der Waals surface area contributed by atoms with E-state index < -0.39 is 31.1 Å². The maximum Gasteiger partial charge on any atom is 0.256 e. The zero-order valence-corrected chi connectivity index (χ0v) is 30.6. The second-order valence-electron chi connectivity index (χ2n) is 13.2. The maximum atomic E-state index is 12.7. The summed E-state index contributed by atoms with van der Waals surface area (Å²) in [4.78, 5) is 37.8. The number of nitrogens with one attached hydrogen (secondary N) is 2. The fraction of sp³-hybridized carbons (Fsp3) is 0.658. The average Bonchev–Trinajstić information content (AvgIpc) is 3.73. The molecule has 1 fully saturated rings. The summed E-state index contributed by atoms with van der Waals surface area (Å²) in [5.74, 6) is -0.0879. The van der Waals surface area contributed by atoms with Crippen molar-refractivity contribution in [3.63, 3.8) is 0 Å². The van der Waals surface area contributed by atoms with Crippen LogP contribution in [-0.4, -0.2) is 99.6 Å². The number of carbonyl (C=O) groups is 2. The highest BCUT2D eigenvalue weighted by atomic mass is 16.7. The van der Waals surface area contributed by atoms with Crippen LogP contribution in [0, 0.1) is 0 Å². The lowest BCUT2D eigenvalue weighted by Gasteiger charge is -2.22. The Morgan fingerprint density at radius 1 is 0.865 bits per heavy atom. The van der Waals surface area contributed by atoms with Crippen LogP contribution in [0.3, 0.4) is 0 Å². The summed E-state index contributed by atoms with van der Waals surface area (Å²) in [6.07, 6.45) is 16.0. The minimum absolute atomic E-state index is 0.0506. The highest BCUT2D eigenvalue weighted by Gasteiger charge is 2.46. The first-order valence-corrected chi connectivity index (χ1v) is 19.1. The van der Waals surface area contributed by atoms with E-state index >= 15 is 0 Å². The first kappa shape index (κ1) is 41.2. The van der Waals surface area contributed by atoms with Gasteiger partial charge in [-0.25, -0.2) is 15.0 Å². The smallest absolute Gasteiger partial charge is 0.256 e. The lowest BCUT2D eigenvalue weighted by molar-refractivity contribution is -0.143. The molecule has 0 spiro atoms. The summed E-state index contributed by atoms with van der Waals surface area (Å²) < 4.78 is 24.5.